The lowest BCUT2D eigenvalue weighted by Gasteiger charge is -2.24. The van der Waals surface area contributed by atoms with Gasteiger partial charge in [-0.25, -0.2) is 0 Å². The molecule has 2 atom stereocenters. The van der Waals surface area contributed by atoms with Crippen LogP contribution in [0.15, 0.2) is 24.4 Å². The monoisotopic (exact) mass is 411 g/mol. The van der Waals surface area contributed by atoms with Gasteiger partial charge in [-0.05, 0) is 63.3 Å². The number of hydrogen-bond donors (Lipinski definition) is 4. The van der Waals surface area contributed by atoms with E-state index in [1.54, 1.807) is 0 Å². The maximum Gasteiger partial charge on any atom is 0.235 e. The quantitative estimate of drug-likeness (QED) is 0.537. The number of fused-ring (bicyclic) bond motifs is 2. The highest BCUT2D eigenvalue weighted by Gasteiger charge is 2.50. The average molecular weight is 412 g/mol. The molecule has 1 aliphatic carbocycles. The van der Waals surface area contributed by atoms with Gasteiger partial charge in [-0.2, -0.15) is 0 Å². The van der Waals surface area contributed by atoms with Crippen molar-refractivity contribution in [2.45, 2.75) is 70.4 Å². The van der Waals surface area contributed by atoms with E-state index in [0.717, 1.165) is 49.1 Å². The molecule has 2 unspecified atom stereocenters. The zero-order valence-corrected chi connectivity index (χ0v) is 18.2. The molecular weight excluding hydrogens is 378 g/mol. The van der Waals surface area contributed by atoms with Gasteiger partial charge in [0.25, 0.3) is 0 Å². The number of carbonyl (C=O) groups excluding carboxylic acids is 1. The summed E-state index contributed by atoms with van der Waals surface area (Å²) in [5.41, 5.74) is 5.20. The molecule has 2 heterocycles. The second-order valence-electron chi connectivity index (χ2n) is 8.96. The van der Waals surface area contributed by atoms with Gasteiger partial charge in [0.05, 0.1) is 5.41 Å². The maximum atomic E-state index is 12.7. The van der Waals surface area contributed by atoms with Crippen LogP contribution in [0.5, 0.6) is 5.75 Å². The van der Waals surface area contributed by atoms with E-state index >= 15 is 0 Å². The molecule has 1 aromatic carbocycles. The summed E-state index contributed by atoms with van der Waals surface area (Å²) in [6.07, 6.45) is 6.20. The number of benzene rings is 1. The number of ether oxygens (including phenoxy) is 1. The first-order valence-electron chi connectivity index (χ1n) is 11.0. The topological polar surface area (TPSA) is 86.4 Å². The molecule has 4 rings (SSSR count). The zero-order valence-electron chi connectivity index (χ0n) is 18.2. The molecule has 1 aliphatic heterocycles. The van der Waals surface area contributed by atoms with Gasteiger partial charge in [-0.3, -0.25) is 4.79 Å². The van der Waals surface area contributed by atoms with Crippen molar-refractivity contribution < 1.29 is 14.6 Å². The van der Waals surface area contributed by atoms with E-state index in [1.165, 1.54) is 16.8 Å². The Morgan fingerprint density at radius 3 is 2.73 bits per heavy atom. The van der Waals surface area contributed by atoms with Crippen LogP contribution in [0.1, 0.15) is 55.0 Å². The van der Waals surface area contributed by atoms with Crippen molar-refractivity contribution in [1.29, 1.82) is 0 Å². The van der Waals surface area contributed by atoms with E-state index in [1.807, 2.05) is 18.2 Å². The van der Waals surface area contributed by atoms with Crippen LogP contribution in [-0.4, -0.2) is 41.3 Å². The van der Waals surface area contributed by atoms with Crippen LogP contribution in [0.4, 0.5) is 5.69 Å². The van der Waals surface area contributed by atoms with Crippen LogP contribution in [0.2, 0.25) is 0 Å². The van der Waals surface area contributed by atoms with E-state index in [0.29, 0.717) is 6.54 Å². The summed E-state index contributed by atoms with van der Waals surface area (Å²) >= 11 is 0. The Morgan fingerprint density at radius 1 is 1.27 bits per heavy atom. The number of hydrogen-bond acceptors (Lipinski definition) is 4. The fourth-order valence-electron chi connectivity index (χ4n) is 4.91. The number of rotatable bonds is 8. The fourth-order valence-corrected chi connectivity index (χ4v) is 4.91. The molecule has 4 N–H and O–H groups in total. The number of nitrogens with one attached hydrogen (secondary N) is 3. The molecule has 30 heavy (non-hydrogen) atoms. The smallest absolute Gasteiger partial charge is 0.235 e. The lowest BCUT2D eigenvalue weighted by Crippen LogP contribution is -2.38. The van der Waals surface area contributed by atoms with Crippen molar-refractivity contribution in [1.82, 2.24) is 10.3 Å². The first kappa shape index (κ1) is 20.9. The van der Waals surface area contributed by atoms with Crippen LogP contribution in [0.25, 0.3) is 0 Å². The lowest BCUT2D eigenvalue weighted by atomic mass is 9.79. The predicted molar refractivity (Wildman–Crippen MR) is 118 cm³/mol. The Hall–Kier alpha value is -2.31. The van der Waals surface area contributed by atoms with Gasteiger partial charge < -0.3 is 25.5 Å². The van der Waals surface area contributed by atoms with Crippen molar-refractivity contribution in [3.05, 3.63) is 46.8 Å². The molecule has 1 amide bonds. The highest BCUT2D eigenvalue weighted by atomic mass is 16.5. The number of carbonyl (C=O) groups is 1. The Balaban J connectivity index is 1.33. The summed E-state index contributed by atoms with van der Waals surface area (Å²) < 4.78 is 6.03. The summed E-state index contributed by atoms with van der Waals surface area (Å²) in [5, 5.41) is 16.9. The molecule has 0 radical (unpaired) electrons. The van der Waals surface area contributed by atoms with Crippen molar-refractivity contribution in [2.75, 3.05) is 18.5 Å². The lowest BCUT2D eigenvalue weighted by molar-refractivity contribution is -0.120. The summed E-state index contributed by atoms with van der Waals surface area (Å²) in [6, 6.07) is 6.01. The normalized spacial score (nSPS) is 19.0. The molecule has 162 valence electrons. The van der Waals surface area contributed by atoms with Crippen LogP contribution >= 0.6 is 0 Å². The number of aliphatic hydroxyl groups excluding tert-OH is 1. The largest absolute Gasteiger partial charge is 0.490 e. The predicted octanol–water partition coefficient (Wildman–Crippen LogP) is 3.36. The maximum absolute atomic E-state index is 12.7. The van der Waals surface area contributed by atoms with Crippen LogP contribution < -0.4 is 15.4 Å². The molecule has 1 saturated carbocycles. The molecule has 1 spiro atoms. The van der Waals surface area contributed by atoms with E-state index in [-0.39, 0.29) is 18.6 Å². The first-order valence-corrected chi connectivity index (χ1v) is 11.0. The number of amides is 1. The third kappa shape index (κ3) is 3.86. The highest BCUT2D eigenvalue weighted by Crippen LogP contribution is 2.52. The highest BCUT2D eigenvalue weighted by molar-refractivity contribution is 6.07. The number of anilines is 1. The van der Waals surface area contributed by atoms with Crippen LogP contribution in [0, 0.1) is 13.8 Å². The summed E-state index contributed by atoms with van der Waals surface area (Å²) in [4.78, 5) is 15.9. The Morgan fingerprint density at radius 2 is 2.03 bits per heavy atom. The molecular formula is C24H33N3O3. The van der Waals surface area contributed by atoms with Gasteiger partial charge in [0.15, 0.2) is 0 Å². The Bertz CT molecular complexity index is 914. The Labute approximate surface area is 178 Å². The van der Waals surface area contributed by atoms with Crippen molar-refractivity contribution in [2.24, 2.45) is 0 Å². The first-order chi connectivity index (χ1) is 14.4. The number of H-pyrrole nitrogens is 1. The second kappa shape index (κ2) is 8.44. The van der Waals surface area contributed by atoms with Crippen LogP contribution in [0.3, 0.4) is 0 Å². The molecule has 2 aliphatic rings. The molecule has 6 nitrogen and oxygen atoms in total. The van der Waals surface area contributed by atoms with Gasteiger partial charge in [0, 0.05) is 35.7 Å². The second-order valence-corrected chi connectivity index (χ2v) is 8.96. The molecule has 0 saturated heterocycles. The van der Waals surface area contributed by atoms with E-state index in [4.69, 9.17) is 4.74 Å². The van der Waals surface area contributed by atoms with Crippen molar-refractivity contribution in [3.8, 4) is 5.75 Å². The molecule has 1 fully saturated rings. The third-order valence-electron chi connectivity index (χ3n) is 6.81. The van der Waals surface area contributed by atoms with Gasteiger partial charge >= 0.3 is 0 Å². The average Bonchev–Trinajstić information content (AvgIpc) is 3.41. The van der Waals surface area contributed by atoms with Gasteiger partial charge in [-0.1, -0.05) is 18.9 Å². The number of aliphatic hydroxyl groups is 1. The third-order valence-corrected chi connectivity index (χ3v) is 6.81. The van der Waals surface area contributed by atoms with E-state index in [2.05, 4.69) is 42.6 Å². The minimum Gasteiger partial charge on any atom is -0.490 e. The number of aryl methyl sites for hydroxylation is 1. The van der Waals surface area contributed by atoms with E-state index in [9.17, 15) is 9.90 Å². The van der Waals surface area contributed by atoms with E-state index < -0.39 is 11.5 Å². The van der Waals surface area contributed by atoms with Crippen molar-refractivity contribution >= 4 is 11.6 Å². The zero-order chi connectivity index (χ0) is 21.3. The van der Waals surface area contributed by atoms with Gasteiger partial charge in [-0.15, -0.1) is 0 Å². The number of aromatic amines is 1. The van der Waals surface area contributed by atoms with Gasteiger partial charge in [0.2, 0.25) is 5.91 Å². The summed E-state index contributed by atoms with van der Waals surface area (Å²) in [6.45, 7) is 6.99. The minimum absolute atomic E-state index is 0.0948. The molecule has 2 aromatic rings. The molecule has 0 bridgehead atoms. The van der Waals surface area contributed by atoms with Crippen molar-refractivity contribution in [3.63, 3.8) is 0 Å². The Kier molecular flexibility index (Phi) is 5.89. The van der Waals surface area contributed by atoms with Gasteiger partial charge in [0.1, 0.15) is 18.5 Å². The standard InChI is InChI=1S/C24H33N3O3/c1-15(11-18-12-26-17(3)16(18)2)25-13-19(28)14-30-21-8-6-7-20-22(21)24(23(29)27-20)9-4-5-10-24/h6-8,12,15,19,25-26,28H,4-5,9-11,13-14H2,1-3H3,(H,27,29). The SMILES string of the molecule is Cc1[nH]cc(CC(C)NCC(O)COc2cccc3c2C2(CCCC2)C(=O)N3)c1C. The molecule has 1 aromatic heterocycles. The summed E-state index contributed by atoms with van der Waals surface area (Å²) in [5.74, 6) is 0.815. The summed E-state index contributed by atoms with van der Waals surface area (Å²) in [7, 11) is 0. The fraction of sp³-hybridized carbons (Fsp3) is 0.542. The van der Waals surface area contributed by atoms with Crippen LogP contribution in [-0.2, 0) is 16.6 Å². The molecule has 6 heteroatoms. The number of aromatic nitrogens is 1. The minimum atomic E-state index is -0.623.